The highest BCUT2D eigenvalue weighted by molar-refractivity contribution is 5.71. The molecule has 0 spiro atoms. The van der Waals surface area contributed by atoms with Gasteiger partial charge in [-0.1, -0.05) is 40.0 Å². The van der Waals surface area contributed by atoms with Crippen molar-refractivity contribution < 1.29 is 9.90 Å². The molecule has 2 heteroatoms. The minimum absolute atomic E-state index is 0.103. The molecule has 0 bridgehead atoms. The molecule has 0 aromatic carbocycles. The van der Waals surface area contributed by atoms with Gasteiger partial charge in [-0.3, -0.25) is 4.79 Å². The van der Waals surface area contributed by atoms with Crippen LogP contribution in [0.25, 0.3) is 0 Å². The Morgan fingerprint density at radius 2 is 1.71 bits per heavy atom. The number of rotatable bonds is 2. The Hall–Kier alpha value is -0.530. The molecule has 2 nitrogen and oxygen atoms in total. The fourth-order valence-electron chi connectivity index (χ4n) is 2.75. The van der Waals surface area contributed by atoms with Crippen molar-refractivity contribution in [1.82, 2.24) is 0 Å². The van der Waals surface area contributed by atoms with Crippen molar-refractivity contribution in [1.29, 1.82) is 0 Å². The van der Waals surface area contributed by atoms with Gasteiger partial charge in [0, 0.05) is 0 Å². The highest BCUT2D eigenvalue weighted by Crippen LogP contribution is 2.39. The maximum Gasteiger partial charge on any atom is 0.307 e. The van der Waals surface area contributed by atoms with Gasteiger partial charge in [-0.05, 0) is 24.2 Å². The first kappa shape index (κ1) is 11.5. The van der Waals surface area contributed by atoms with Crippen molar-refractivity contribution in [3.05, 3.63) is 0 Å². The predicted octanol–water partition coefficient (Wildman–Crippen LogP) is 3.31. The first-order chi connectivity index (χ1) is 6.43. The lowest BCUT2D eigenvalue weighted by Gasteiger charge is -2.36. The summed E-state index contributed by atoms with van der Waals surface area (Å²) < 4.78 is 0. The highest BCUT2D eigenvalue weighted by Gasteiger charge is 2.38. The van der Waals surface area contributed by atoms with E-state index in [1.807, 2.05) is 20.8 Å². The standard InChI is InChI=1S/C12H22O2/c1-12(2,3)10(11(13)14)9-7-5-4-6-8-9/h9-10H,4-8H2,1-3H3,(H,13,14). The molecule has 1 aliphatic rings. The number of carboxylic acid groups (broad SMARTS) is 1. The van der Waals surface area contributed by atoms with E-state index in [0.717, 1.165) is 12.8 Å². The average molecular weight is 198 g/mol. The van der Waals surface area contributed by atoms with E-state index < -0.39 is 5.97 Å². The van der Waals surface area contributed by atoms with Gasteiger partial charge >= 0.3 is 5.97 Å². The summed E-state index contributed by atoms with van der Waals surface area (Å²) in [5.74, 6) is -0.367. The Labute approximate surface area is 86.7 Å². The number of hydrogen-bond donors (Lipinski definition) is 1. The molecule has 1 saturated carbocycles. The van der Waals surface area contributed by atoms with Crippen LogP contribution in [0.3, 0.4) is 0 Å². The molecule has 1 unspecified atom stereocenters. The van der Waals surface area contributed by atoms with Crippen LogP contribution in [0.15, 0.2) is 0 Å². The Kier molecular flexibility index (Phi) is 3.57. The van der Waals surface area contributed by atoms with Gasteiger partial charge in [-0.15, -0.1) is 0 Å². The molecule has 1 atom stereocenters. The van der Waals surface area contributed by atoms with E-state index in [2.05, 4.69) is 0 Å². The Morgan fingerprint density at radius 1 is 1.21 bits per heavy atom. The lowest BCUT2D eigenvalue weighted by Crippen LogP contribution is -2.36. The first-order valence-electron chi connectivity index (χ1n) is 5.65. The molecule has 0 amide bonds. The van der Waals surface area contributed by atoms with Gasteiger partial charge in [0.25, 0.3) is 0 Å². The van der Waals surface area contributed by atoms with Crippen LogP contribution >= 0.6 is 0 Å². The largest absolute Gasteiger partial charge is 0.481 e. The molecule has 82 valence electrons. The summed E-state index contributed by atoms with van der Waals surface area (Å²) in [7, 11) is 0. The van der Waals surface area contributed by atoms with Crippen LogP contribution in [0.2, 0.25) is 0 Å². The first-order valence-corrected chi connectivity index (χ1v) is 5.65. The van der Waals surface area contributed by atoms with Crippen molar-refractivity contribution >= 4 is 5.97 Å². The van der Waals surface area contributed by atoms with E-state index in [9.17, 15) is 9.90 Å². The van der Waals surface area contributed by atoms with Gasteiger partial charge in [-0.2, -0.15) is 0 Å². The van der Waals surface area contributed by atoms with Crippen LogP contribution < -0.4 is 0 Å². The molecule has 0 saturated heterocycles. The zero-order valence-corrected chi connectivity index (χ0v) is 9.55. The third-order valence-electron chi connectivity index (χ3n) is 3.32. The second-order valence-electron chi connectivity index (χ2n) is 5.58. The van der Waals surface area contributed by atoms with Gasteiger partial charge in [0.15, 0.2) is 0 Å². The number of aliphatic carboxylic acids is 1. The van der Waals surface area contributed by atoms with E-state index in [-0.39, 0.29) is 11.3 Å². The van der Waals surface area contributed by atoms with Crippen LogP contribution in [0.5, 0.6) is 0 Å². The van der Waals surface area contributed by atoms with Gasteiger partial charge in [-0.25, -0.2) is 0 Å². The molecule has 0 aromatic rings. The zero-order valence-electron chi connectivity index (χ0n) is 9.55. The monoisotopic (exact) mass is 198 g/mol. The minimum Gasteiger partial charge on any atom is -0.481 e. The van der Waals surface area contributed by atoms with Crippen molar-refractivity contribution in [2.45, 2.75) is 52.9 Å². The fourth-order valence-corrected chi connectivity index (χ4v) is 2.75. The summed E-state index contributed by atoms with van der Waals surface area (Å²) >= 11 is 0. The normalized spacial score (nSPS) is 21.9. The van der Waals surface area contributed by atoms with E-state index >= 15 is 0 Å². The van der Waals surface area contributed by atoms with Gasteiger partial charge in [0.2, 0.25) is 0 Å². The van der Waals surface area contributed by atoms with E-state index in [4.69, 9.17) is 0 Å². The number of carbonyl (C=O) groups is 1. The molecule has 0 radical (unpaired) electrons. The maximum absolute atomic E-state index is 11.2. The molecule has 1 N–H and O–H groups in total. The zero-order chi connectivity index (χ0) is 10.8. The summed E-state index contributed by atoms with van der Waals surface area (Å²) in [6, 6.07) is 0. The third-order valence-corrected chi connectivity index (χ3v) is 3.32. The number of hydrogen-bond acceptors (Lipinski definition) is 1. The van der Waals surface area contributed by atoms with Crippen LogP contribution in [0.4, 0.5) is 0 Å². The van der Waals surface area contributed by atoms with Crippen molar-refractivity contribution in [2.75, 3.05) is 0 Å². The van der Waals surface area contributed by atoms with Crippen molar-refractivity contribution in [3.8, 4) is 0 Å². The van der Waals surface area contributed by atoms with Crippen LogP contribution in [0.1, 0.15) is 52.9 Å². The molecule has 1 aliphatic carbocycles. The minimum atomic E-state index is -0.607. The Morgan fingerprint density at radius 3 is 2.07 bits per heavy atom. The van der Waals surface area contributed by atoms with Gasteiger partial charge in [0.1, 0.15) is 0 Å². The molecule has 0 heterocycles. The van der Waals surface area contributed by atoms with Gasteiger partial charge in [0.05, 0.1) is 5.92 Å². The second kappa shape index (κ2) is 4.33. The quantitative estimate of drug-likeness (QED) is 0.739. The van der Waals surface area contributed by atoms with Crippen LogP contribution in [0, 0.1) is 17.3 Å². The lowest BCUT2D eigenvalue weighted by molar-refractivity contribution is -0.149. The summed E-state index contributed by atoms with van der Waals surface area (Å²) in [6.45, 7) is 6.13. The third kappa shape index (κ3) is 2.73. The molecule has 0 aromatic heterocycles. The molecular formula is C12H22O2. The fraction of sp³-hybridized carbons (Fsp3) is 0.917. The molecule has 1 rings (SSSR count). The summed E-state index contributed by atoms with van der Waals surface area (Å²) in [4.78, 5) is 11.2. The lowest BCUT2D eigenvalue weighted by atomic mass is 9.68. The van der Waals surface area contributed by atoms with E-state index in [1.54, 1.807) is 0 Å². The smallest absolute Gasteiger partial charge is 0.307 e. The van der Waals surface area contributed by atoms with E-state index in [1.165, 1.54) is 19.3 Å². The Balaban J connectivity index is 2.71. The predicted molar refractivity (Wildman–Crippen MR) is 57.2 cm³/mol. The molecule has 14 heavy (non-hydrogen) atoms. The second-order valence-corrected chi connectivity index (χ2v) is 5.58. The molecule has 0 aliphatic heterocycles. The topological polar surface area (TPSA) is 37.3 Å². The molecule has 1 fully saturated rings. The van der Waals surface area contributed by atoms with Crippen LogP contribution in [-0.2, 0) is 4.79 Å². The Bertz CT molecular complexity index is 197. The van der Waals surface area contributed by atoms with E-state index in [0.29, 0.717) is 5.92 Å². The highest BCUT2D eigenvalue weighted by atomic mass is 16.4. The summed E-state index contributed by atoms with van der Waals surface area (Å²) in [6.07, 6.45) is 5.92. The number of carboxylic acids is 1. The van der Waals surface area contributed by atoms with Crippen LogP contribution in [-0.4, -0.2) is 11.1 Å². The van der Waals surface area contributed by atoms with Gasteiger partial charge < -0.3 is 5.11 Å². The van der Waals surface area contributed by atoms with Crippen molar-refractivity contribution in [3.63, 3.8) is 0 Å². The summed E-state index contributed by atoms with van der Waals surface area (Å²) in [5.41, 5.74) is -0.103. The van der Waals surface area contributed by atoms with Crippen molar-refractivity contribution in [2.24, 2.45) is 17.3 Å². The summed E-state index contributed by atoms with van der Waals surface area (Å²) in [5, 5.41) is 9.26. The average Bonchev–Trinajstić information content (AvgIpc) is 2.02. The molecular weight excluding hydrogens is 176 g/mol. The SMILES string of the molecule is CC(C)(C)C(C(=O)O)C1CCCCC1. The maximum atomic E-state index is 11.2.